The van der Waals surface area contributed by atoms with Crippen LogP contribution in [0.25, 0.3) is 5.57 Å². The van der Waals surface area contributed by atoms with Gasteiger partial charge < -0.3 is 5.32 Å². The van der Waals surface area contributed by atoms with Gasteiger partial charge in [-0.25, -0.2) is 0 Å². The Kier molecular flexibility index (Phi) is 2.26. The lowest BCUT2D eigenvalue weighted by molar-refractivity contribution is 0.563. The van der Waals surface area contributed by atoms with E-state index in [4.69, 9.17) is 11.6 Å². The van der Waals surface area contributed by atoms with Crippen molar-refractivity contribution >= 4 is 17.2 Å². The van der Waals surface area contributed by atoms with E-state index in [-0.39, 0.29) is 0 Å². The van der Waals surface area contributed by atoms with E-state index in [1.165, 1.54) is 17.6 Å². The van der Waals surface area contributed by atoms with Crippen LogP contribution >= 0.6 is 11.6 Å². The number of hydrogen-bond donors (Lipinski definition) is 1. The van der Waals surface area contributed by atoms with Gasteiger partial charge in [-0.15, -0.1) is 0 Å². The topological polar surface area (TPSA) is 24.9 Å². The van der Waals surface area contributed by atoms with E-state index >= 15 is 0 Å². The third-order valence-electron chi connectivity index (χ3n) is 3.33. The summed E-state index contributed by atoms with van der Waals surface area (Å²) in [6, 6.07) is 2.65. The van der Waals surface area contributed by atoms with E-state index in [2.05, 4.69) is 16.4 Å². The Morgan fingerprint density at radius 3 is 3.13 bits per heavy atom. The Bertz CT molecular complexity index is 414. The molecule has 1 aliphatic heterocycles. The Hall–Kier alpha value is -0.860. The molecule has 0 bridgehead atoms. The maximum absolute atomic E-state index is 5.94. The number of pyridine rings is 1. The standard InChI is InChI=1S/C12H13ClN2/c13-11-4-10(6-14-7-11)9-3-8-1-2-15-12(8)5-9/h3-4,6-8,12,15H,1-2,5H2. The molecule has 2 heterocycles. The summed E-state index contributed by atoms with van der Waals surface area (Å²) in [5.74, 6) is 0.721. The molecule has 3 rings (SSSR count). The highest BCUT2D eigenvalue weighted by atomic mass is 35.5. The number of nitrogens with zero attached hydrogens (tertiary/aromatic N) is 1. The molecule has 2 atom stereocenters. The number of rotatable bonds is 1. The fourth-order valence-corrected chi connectivity index (χ4v) is 2.75. The lowest BCUT2D eigenvalue weighted by Crippen LogP contribution is -2.22. The molecule has 1 aliphatic carbocycles. The van der Waals surface area contributed by atoms with Crippen LogP contribution in [0.5, 0.6) is 0 Å². The van der Waals surface area contributed by atoms with Crippen molar-refractivity contribution in [2.75, 3.05) is 6.54 Å². The van der Waals surface area contributed by atoms with Crippen LogP contribution in [0.15, 0.2) is 24.5 Å². The van der Waals surface area contributed by atoms with Crippen LogP contribution in [0, 0.1) is 5.92 Å². The zero-order chi connectivity index (χ0) is 10.3. The molecule has 0 radical (unpaired) electrons. The van der Waals surface area contributed by atoms with Gasteiger partial charge in [0.25, 0.3) is 0 Å². The summed E-state index contributed by atoms with van der Waals surface area (Å²) >= 11 is 5.94. The molecular formula is C12H13ClN2. The molecular weight excluding hydrogens is 208 g/mol. The quantitative estimate of drug-likeness (QED) is 0.787. The minimum absolute atomic E-state index is 0.652. The van der Waals surface area contributed by atoms with Crippen molar-refractivity contribution < 1.29 is 0 Å². The summed E-state index contributed by atoms with van der Waals surface area (Å²) in [4.78, 5) is 4.13. The third-order valence-corrected chi connectivity index (χ3v) is 3.54. The molecule has 0 spiro atoms. The summed E-state index contributed by atoms with van der Waals surface area (Å²) in [7, 11) is 0. The summed E-state index contributed by atoms with van der Waals surface area (Å²) in [5.41, 5.74) is 2.57. The maximum Gasteiger partial charge on any atom is 0.0595 e. The molecule has 1 aromatic heterocycles. The first-order chi connectivity index (χ1) is 7.33. The molecule has 2 nitrogen and oxygen atoms in total. The highest BCUT2D eigenvalue weighted by Gasteiger charge is 2.31. The van der Waals surface area contributed by atoms with Gasteiger partial charge in [0.1, 0.15) is 0 Å². The van der Waals surface area contributed by atoms with Crippen LogP contribution < -0.4 is 5.32 Å². The monoisotopic (exact) mass is 220 g/mol. The van der Waals surface area contributed by atoms with E-state index < -0.39 is 0 Å². The smallest absolute Gasteiger partial charge is 0.0595 e. The minimum Gasteiger partial charge on any atom is -0.313 e. The summed E-state index contributed by atoms with van der Waals surface area (Å²) in [6.07, 6.45) is 8.35. The second-order valence-electron chi connectivity index (χ2n) is 4.30. The number of fused-ring (bicyclic) bond motifs is 1. The van der Waals surface area contributed by atoms with Gasteiger partial charge in [0.15, 0.2) is 0 Å². The number of aromatic nitrogens is 1. The van der Waals surface area contributed by atoms with Crippen molar-refractivity contribution in [2.24, 2.45) is 5.92 Å². The van der Waals surface area contributed by atoms with Crippen LogP contribution in [0.1, 0.15) is 18.4 Å². The molecule has 1 fully saturated rings. The maximum atomic E-state index is 5.94. The van der Waals surface area contributed by atoms with Crippen LogP contribution in [0.3, 0.4) is 0 Å². The fraction of sp³-hybridized carbons (Fsp3) is 0.417. The van der Waals surface area contributed by atoms with E-state index in [0.29, 0.717) is 6.04 Å². The molecule has 0 amide bonds. The molecule has 78 valence electrons. The molecule has 3 heteroatoms. The zero-order valence-electron chi connectivity index (χ0n) is 8.41. The van der Waals surface area contributed by atoms with Crippen LogP contribution in [0.4, 0.5) is 0 Å². The molecule has 1 saturated heterocycles. The van der Waals surface area contributed by atoms with Crippen molar-refractivity contribution in [1.82, 2.24) is 10.3 Å². The number of nitrogens with one attached hydrogen (secondary N) is 1. The number of halogens is 1. The highest BCUT2D eigenvalue weighted by molar-refractivity contribution is 6.30. The SMILES string of the molecule is Clc1cncc(C2=CC3CCNC3C2)c1. The van der Waals surface area contributed by atoms with E-state index in [1.54, 1.807) is 6.20 Å². The van der Waals surface area contributed by atoms with Crippen molar-refractivity contribution in [1.29, 1.82) is 0 Å². The summed E-state index contributed by atoms with van der Waals surface area (Å²) in [6.45, 7) is 1.16. The van der Waals surface area contributed by atoms with Gasteiger partial charge in [-0.1, -0.05) is 17.7 Å². The van der Waals surface area contributed by atoms with Gasteiger partial charge in [0.2, 0.25) is 0 Å². The largest absolute Gasteiger partial charge is 0.313 e. The average Bonchev–Trinajstić information content (AvgIpc) is 2.76. The first kappa shape index (κ1) is 9.37. The van der Waals surface area contributed by atoms with E-state index in [1.807, 2.05) is 12.3 Å². The second kappa shape index (κ2) is 3.62. The molecule has 0 saturated carbocycles. The van der Waals surface area contributed by atoms with Gasteiger partial charge in [-0.3, -0.25) is 4.98 Å². The van der Waals surface area contributed by atoms with Crippen LogP contribution in [0.2, 0.25) is 5.02 Å². The summed E-state index contributed by atoms with van der Waals surface area (Å²) in [5, 5.41) is 4.25. The zero-order valence-corrected chi connectivity index (χ0v) is 9.17. The Morgan fingerprint density at radius 2 is 2.33 bits per heavy atom. The van der Waals surface area contributed by atoms with E-state index in [9.17, 15) is 0 Å². The van der Waals surface area contributed by atoms with Crippen molar-refractivity contribution in [3.05, 3.63) is 35.1 Å². The lowest BCUT2D eigenvalue weighted by Gasteiger charge is -2.08. The molecule has 2 unspecified atom stereocenters. The second-order valence-corrected chi connectivity index (χ2v) is 4.74. The van der Waals surface area contributed by atoms with Gasteiger partial charge >= 0.3 is 0 Å². The normalized spacial score (nSPS) is 29.0. The predicted molar refractivity (Wildman–Crippen MR) is 61.7 cm³/mol. The first-order valence-electron chi connectivity index (χ1n) is 5.38. The predicted octanol–water partition coefficient (Wildman–Crippen LogP) is 2.50. The van der Waals surface area contributed by atoms with Crippen LogP contribution in [-0.4, -0.2) is 17.6 Å². The molecule has 1 N–H and O–H groups in total. The third kappa shape index (κ3) is 1.68. The molecule has 1 aromatic rings. The highest BCUT2D eigenvalue weighted by Crippen LogP contribution is 2.36. The first-order valence-corrected chi connectivity index (χ1v) is 5.76. The van der Waals surface area contributed by atoms with Gasteiger partial charge in [-0.2, -0.15) is 0 Å². The van der Waals surface area contributed by atoms with Crippen molar-refractivity contribution in [2.45, 2.75) is 18.9 Å². The van der Waals surface area contributed by atoms with Crippen molar-refractivity contribution in [3.63, 3.8) is 0 Å². The van der Waals surface area contributed by atoms with Gasteiger partial charge in [0, 0.05) is 18.4 Å². The minimum atomic E-state index is 0.652. The fourth-order valence-electron chi connectivity index (χ4n) is 2.58. The van der Waals surface area contributed by atoms with Crippen LogP contribution in [-0.2, 0) is 0 Å². The van der Waals surface area contributed by atoms with E-state index in [0.717, 1.165) is 23.9 Å². The van der Waals surface area contributed by atoms with Gasteiger partial charge in [0.05, 0.1) is 5.02 Å². The molecule has 15 heavy (non-hydrogen) atoms. The Balaban J connectivity index is 1.90. The Labute approximate surface area is 94.4 Å². The number of hydrogen-bond acceptors (Lipinski definition) is 2. The average molecular weight is 221 g/mol. The Morgan fingerprint density at radius 1 is 1.40 bits per heavy atom. The van der Waals surface area contributed by atoms with Gasteiger partial charge in [-0.05, 0) is 42.5 Å². The molecule has 0 aromatic carbocycles. The lowest BCUT2D eigenvalue weighted by atomic mass is 10.1. The molecule has 2 aliphatic rings. The summed E-state index contributed by atoms with van der Waals surface area (Å²) < 4.78 is 0. The van der Waals surface area contributed by atoms with Crippen molar-refractivity contribution in [3.8, 4) is 0 Å².